The Bertz CT molecular complexity index is 730. The molecule has 2 aromatic carbocycles. The van der Waals surface area contributed by atoms with Crippen LogP contribution in [0.1, 0.15) is 28.9 Å². The summed E-state index contributed by atoms with van der Waals surface area (Å²) in [5.41, 5.74) is 0.293. The predicted molar refractivity (Wildman–Crippen MR) is 83.4 cm³/mol. The molecule has 0 aromatic heterocycles. The van der Waals surface area contributed by atoms with E-state index in [0.29, 0.717) is 5.69 Å². The summed E-state index contributed by atoms with van der Waals surface area (Å²) in [6, 6.07) is 10.7. The molecule has 24 heavy (non-hydrogen) atoms. The van der Waals surface area contributed by atoms with Gasteiger partial charge in [-0.1, -0.05) is 36.4 Å². The fourth-order valence-electron chi connectivity index (χ4n) is 2.16. The molecule has 0 heterocycles. The zero-order valence-corrected chi connectivity index (χ0v) is 12.7. The van der Waals surface area contributed by atoms with E-state index in [2.05, 4.69) is 5.32 Å². The highest BCUT2D eigenvalue weighted by Gasteiger charge is 2.41. The molecular formula is C17H15F3N2O2. The Kier molecular flexibility index (Phi) is 5.23. The molecule has 0 fully saturated rings. The Hall–Kier alpha value is -2.83. The van der Waals surface area contributed by atoms with Crippen molar-refractivity contribution in [2.24, 2.45) is 0 Å². The molecule has 0 spiro atoms. The van der Waals surface area contributed by atoms with Gasteiger partial charge in [0.1, 0.15) is 0 Å². The van der Waals surface area contributed by atoms with Crippen LogP contribution in [0, 0.1) is 0 Å². The second kappa shape index (κ2) is 7.16. The van der Waals surface area contributed by atoms with Crippen LogP contribution in [0.25, 0.3) is 0 Å². The van der Waals surface area contributed by atoms with Gasteiger partial charge in [-0.3, -0.25) is 9.59 Å². The highest BCUT2D eigenvalue weighted by atomic mass is 19.4. The van der Waals surface area contributed by atoms with Gasteiger partial charge < -0.3 is 10.6 Å². The van der Waals surface area contributed by atoms with Crippen LogP contribution in [0.4, 0.5) is 18.9 Å². The molecule has 0 aliphatic heterocycles. The number of nitrogens with one attached hydrogen (secondary N) is 2. The van der Waals surface area contributed by atoms with Crippen LogP contribution >= 0.6 is 0 Å². The molecule has 7 heteroatoms. The first-order valence-electron chi connectivity index (χ1n) is 7.07. The first kappa shape index (κ1) is 17.5. The molecule has 0 radical (unpaired) electrons. The molecule has 0 saturated heterocycles. The van der Waals surface area contributed by atoms with Gasteiger partial charge in [0.05, 0.1) is 0 Å². The fourth-order valence-corrected chi connectivity index (χ4v) is 2.16. The van der Waals surface area contributed by atoms with E-state index in [9.17, 15) is 22.8 Å². The van der Waals surface area contributed by atoms with Crippen molar-refractivity contribution >= 4 is 17.5 Å². The highest BCUT2D eigenvalue weighted by Crippen LogP contribution is 2.32. The topological polar surface area (TPSA) is 58.2 Å². The lowest BCUT2D eigenvalue weighted by molar-refractivity contribution is -0.155. The molecule has 1 atom stereocenters. The zero-order valence-electron chi connectivity index (χ0n) is 12.7. The molecule has 0 saturated carbocycles. The number of halogens is 3. The Labute approximate surface area is 136 Å². The van der Waals surface area contributed by atoms with E-state index in [1.54, 1.807) is 6.07 Å². The van der Waals surface area contributed by atoms with Gasteiger partial charge in [-0.15, -0.1) is 0 Å². The van der Waals surface area contributed by atoms with Gasteiger partial charge in [-0.2, -0.15) is 13.2 Å². The molecular weight excluding hydrogens is 321 g/mol. The summed E-state index contributed by atoms with van der Waals surface area (Å²) >= 11 is 0. The van der Waals surface area contributed by atoms with Crippen molar-refractivity contribution < 1.29 is 22.8 Å². The normalized spacial score (nSPS) is 12.3. The lowest BCUT2D eigenvalue weighted by atomic mass is 10.1. The number of hydrogen-bond donors (Lipinski definition) is 2. The van der Waals surface area contributed by atoms with Crippen LogP contribution in [0.2, 0.25) is 0 Å². The maximum Gasteiger partial charge on any atom is 0.412 e. The van der Waals surface area contributed by atoms with Crippen molar-refractivity contribution in [3.8, 4) is 0 Å². The van der Waals surface area contributed by atoms with Crippen molar-refractivity contribution in [2.75, 3.05) is 5.32 Å². The number of amides is 2. The molecule has 2 amide bonds. The summed E-state index contributed by atoms with van der Waals surface area (Å²) in [6.07, 6.45) is -4.63. The summed E-state index contributed by atoms with van der Waals surface area (Å²) in [6.45, 7) is 1.29. The molecule has 2 N–H and O–H groups in total. The van der Waals surface area contributed by atoms with Crippen molar-refractivity contribution in [2.45, 2.75) is 19.1 Å². The van der Waals surface area contributed by atoms with Crippen LogP contribution in [-0.4, -0.2) is 18.0 Å². The molecule has 0 unspecified atom stereocenters. The van der Waals surface area contributed by atoms with Gasteiger partial charge >= 0.3 is 6.18 Å². The van der Waals surface area contributed by atoms with Crippen molar-refractivity contribution in [1.29, 1.82) is 0 Å². The maximum atomic E-state index is 13.3. The van der Waals surface area contributed by atoms with Gasteiger partial charge in [-0.25, -0.2) is 0 Å². The van der Waals surface area contributed by atoms with Crippen LogP contribution in [-0.2, 0) is 4.79 Å². The Morgan fingerprint density at radius 1 is 1.00 bits per heavy atom. The minimum absolute atomic E-state index is 0.0198. The average Bonchev–Trinajstić information content (AvgIpc) is 2.51. The number of carbonyl (C=O) groups excluding carboxylic acids is 2. The Balaban J connectivity index is 2.24. The first-order valence-corrected chi connectivity index (χ1v) is 7.07. The Morgan fingerprint density at radius 2 is 1.67 bits per heavy atom. The molecule has 126 valence electrons. The van der Waals surface area contributed by atoms with Crippen molar-refractivity contribution in [1.82, 2.24) is 5.32 Å². The lowest BCUT2D eigenvalue weighted by Gasteiger charge is -2.22. The summed E-state index contributed by atoms with van der Waals surface area (Å²) < 4.78 is 39.8. The van der Waals surface area contributed by atoms with Gasteiger partial charge in [0, 0.05) is 18.2 Å². The quantitative estimate of drug-likeness (QED) is 0.895. The third-order valence-electron chi connectivity index (χ3n) is 3.18. The highest BCUT2D eigenvalue weighted by molar-refractivity contribution is 5.97. The fraction of sp³-hybridized carbons (Fsp3) is 0.176. The number of alkyl halides is 3. The lowest BCUT2D eigenvalue weighted by Crippen LogP contribution is -2.38. The number of hydrogen-bond acceptors (Lipinski definition) is 2. The van der Waals surface area contributed by atoms with Gasteiger partial charge in [0.25, 0.3) is 5.91 Å². The van der Waals surface area contributed by atoms with Crippen LogP contribution in [0.3, 0.4) is 0 Å². The summed E-state index contributed by atoms with van der Waals surface area (Å²) in [7, 11) is 0. The number of rotatable bonds is 4. The van der Waals surface area contributed by atoms with E-state index >= 15 is 0 Å². The van der Waals surface area contributed by atoms with E-state index in [4.69, 9.17) is 0 Å². The van der Waals surface area contributed by atoms with Crippen LogP contribution in [0.5, 0.6) is 0 Å². The smallest absolute Gasteiger partial charge is 0.337 e. The number of benzene rings is 2. The summed E-state index contributed by atoms with van der Waals surface area (Å²) in [5, 5.41) is 4.47. The monoisotopic (exact) mass is 336 g/mol. The van der Waals surface area contributed by atoms with E-state index in [1.807, 2.05) is 5.32 Å². The molecule has 2 rings (SSSR count). The van der Waals surface area contributed by atoms with E-state index in [1.165, 1.54) is 55.5 Å². The average molecular weight is 336 g/mol. The van der Waals surface area contributed by atoms with E-state index < -0.39 is 18.1 Å². The predicted octanol–water partition coefficient (Wildman–Crippen LogP) is 3.68. The van der Waals surface area contributed by atoms with Crippen LogP contribution in [0.15, 0.2) is 54.6 Å². The number of anilines is 1. The molecule has 4 nitrogen and oxygen atoms in total. The minimum Gasteiger partial charge on any atom is -0.337 e. The van der Waals surface area contributed by atoms with Gasteiger partial charge in [-0.05, 0) is 23.8 Å². The van der Waals surface area contributed by atoms with Crippen molar-refractivity contribution in [3.05, 3.63) is 65.7 Å². The van der Waals surface area contributed by atoms with Crippen LogP contribution < -0.4 is 10.6 Å². The summed E-state index contributed by atoms with van der Waals surface area (Å²) in [4.78, 5) is 23.2. The molecule has 0 aliphatic rings. The second-order valence-electron chi connectivity index (χ2n) is 5.12. The molecule has 0 bridgehead atoms. The van der Waals surface area contributed by atoms with E-state index in [0.717, 1.165) is 0 Å². The Morgan fingerprint density at radius 3 is 2.25 bits per heavy atom. The SMILES string of the molecule is CC(=O)Nc1cccc(C(=O)N[C@@H](c2ccccc2)C(F)(F)F)c1. The third kappa shape index (κ3) is 4.58. The summed E-state index contributed by atoms with van der Waals surface area (Å²) in [5.74, 6) is -1.22. The first-order chi connectivity index (χ1) is 11.3. The molecule has 0 aliphatic carbocycles. The zero-order chi connectivity index (χ0) is 17.7. The van der Waals surface area contributed by atoms with E-state index in [-0.39, 0.29) is 17.0 Å². The standard InChI is InChI=1S/C17H15F3N2O2/c1-11(23)21-14-9-5-8-13(10-14)16(24)22-15(17(18,19)20)12-6-3-2-4-7-12/h2-10,15H,1H3,(H,21,23)(H,22,24)/t15-/m0/s1. The minimum atomic E-state index is -4.63. The third-order valence-corrected chi connectivity index (χ3v) is 3.18. The number of carbonyl (C=O) groups is 2. The molecule has 2 aromatic rings. The van der Waals surface area contributed by atoms with Gasteiger partial charge in [0.15, 0.2) is 6.04 Å². The maximum absolute atomic E-state index is 13.3. The van der Waals surface area contributed by atoms with Crippen molar-refractivity contribution in [3.63, 3.8) is 0 Å². The largest absolute Gasteiger partial charge is 0.412 e. The van der Waals surface area contributed by atoms with Gasteiger partial charge in [0.2, 0.25) is 5.91 Å². The second-order valence-corrected chi connectivity index (χ2v) is 5.12.